The molecule has 0 saturated carbocycles. The third kappa shape index (κ3) is 3.04. The summed E-state index contributed by atoms with van der Waals surface area (Å²) in [6.07, 6.45) is 3.23. The molecule has 1 heterocycles. The summed E-state index contributed by atoms with van der Waals surface area (Å²) in [6.45, 7) is 10.6. The minimum Gasteiger partial charge on any atom is -0.347 e. The van der Waals surface area contributed by atoms with Crippen LogP contribution in [0.2, 0.25) is 0 Å². The largest absolute Gasteiger partial charge is 0.347 e. The first-order valence-corrected chi connectivity index (χ1v) is 9.37. The van der Waals surface area contributed by atoms with Gasteiger partial charge in [0.1, 0.15) is 0 Å². The number of nitrogens with zero attached hydrogens (tertiary/aromatic N) is 1. The number of fused-ring (bicyclic) bond motifs is 1. The van der Waals surface area contributed by atoms with Crippen LogP contribution in [0.5, 0.6) is 0 Å². The summed E-state index contributed by atoms with van der Waals surface area (Å²) in [5, 5.41) is 0. The van der Waals surface area contributed by atoms with Crippen LogP contribution < -0.4 is 5.73 Å². The van der Waals surface area contributed by atoms with Crippen molar-refractivity contribution in [1.29, 1.82) is 0 Å². The lowest BCUT2D eigenvalue weighted by molar-refractivity contribution is 0.273. The van der Waals surface area contributed by atoms with Gasteiger partial charge in [-0.3, -0.25) is 0 Å². The molecule has 1 aliphatic carbocycles. The van der Waals surface area contributed by atoms with Gasteiger partial charge in [0.15, 0.2) is 9.84 Å². The monoisotopic (exact) mass is 312 g/mol. The Hall–Kier alpha value is -0.810. The maximum absolute atomic E-state index is 12.0. The molecule has 21 heavy (non-hydrogen) atoms. The van der Waals surface area contributed by atoms with Crippen LogP contribution >= 0.6 is 0 Å². The van der Waals surface area contributed by atoms with Gasteiger partial charge in [0.2, 0.25) is 0 Å². The van der Waals surface area contributed by atoms with Crippen molar-refractivity contribution in [1.82, 2.24) is 4.57 Å². The van der Waals surface area contributed by atoms with Crippen molar-refractivity contribution in [3.63, 3.8) is 0 Å². The second-order valence-electron chi connectivity index (χ2n) is 7.96. The van der Waals surface area contributed by atoms with Gasteiger partial charge in [-0.1, -0.05) is 13.8 Å². The second kappa shape index (κ2) is 4.85. The molecular formula is C16H28N2O2S. The lowest BCUT2D eigenvalue weighted by Gasteiger charge is -2.35. The van der Waals surface area contributed by atoms with Crippen LogP contribution in [0, 0.1) is 12.3 Å². The summed E-state index contributed by atoms with van der Waals surface area (Å²) in [4.78, 5) is 0. The van der Waals surface area contributed by atoms with Gasteiger partial charge in [-0.05, 0) is 50.7 Å². The Morgan fingerprint density at radius 3 is 2.52 bits per heavy atom. The van der Waals surface area contributed by atoms with Crippen LogP contribution in [0.25, 0.3) is 0 Å². The molecule has 4 nitrogen and oxygen atoms in total. The normalized spacial score (nSPS) is 22.1. The third-order valence-electron chi connectivity index (χ3n) is 4.81. The highest BCUT2D eigenvalue weighted by Crippen LogP contribution is 2.41. The SMILES string of the molecule is Cc1cc2c(n1CC(C)(C)S(C)(=O)=O)CC(C)(C)CC2N. The van der Waals surface area contributed by atoms with Crippen LogP contribution in [0.3, 0.4) is 0 Å². The van der Waals surface area contributed by atoms with Crippen molar-refractivity contribution >= 4 is 9.84 Å². The topological polar surface area (TPSA) is 65.1 Å². The highest BCUT2D eigenvalue weighted by molar-refractivity contribution is 7.92. The molecule has 0 aromatic carbocycles. The van der Waals surface area contributed by atoms with Crippen LogP contribution in [-0.4, -0.2) is 24.0 Å². The zero-order valence-electron chi connectivity index (χ0n) is 14.0. The van der Waals surface area contributed by atoms with Crippen LogP contribution in [0.4, 0.5) is 0 Å². The maximum atomic E-state index is 12.0. The zero-order chi connectivity index (χ0) is 16.2. The number of nitrogens with two attached hydrogens (primary N) is 1. The predicted octanol–water partition coefficient (Wildman–Crippen LogP) is 2.59. The van der Waals surface area contributed by atoms with Crippen LogP contribution in [0.15, 0.2) is 6.07 Å². The van der Waals surface area contributed by atoms with E-state index in [2.05, 4.69) is 24.5 Å². The minimum absolute atomic E-state index is 0.0463. The quantitative estimate of drug-likeness (QED) is 0.933. The van der Waals surface area contributed by atoms with Crippen molar-refractivity contribution in [3.05, 3.63) is 23.0 Å². The molecule has 5 heteroatoms. The van der Waals surface area contributed by atoms with E-state index < -0.39 is 14.6 Å². The summed E-state index contributed by atoms with van der Waals surface area (Å²) in [5.41, 5.74) is 9.99. The summed E-state index contributed by atoms with van der Waals surface area (Å²) < 4.78 is 25.4. The van der Waals surface area contributed by atoms with Crippen molar-refractivity contribution in [2.45, 2.75) is 64.8 Å². The van der Waals surface area contributed by atoms with Crippen molar-refractivity contribution in [2.75, 3.05) is 6.26 Å². The molecule has 2 N–H and O–H groups in total. The van der Waals surface area contributed by atoms with E-state index in [4.69, 9.17) is 5.73 Å². The van der Waals surface area contributed by atoms with Gasteiger partial charge in [-0.25, -0.2) is 8.42 Å². The van der Waals surface area contributed by atoms with Gasteiger partial charge in [-0.2, -0.15) is 0 Å². The first-order chi connectivity index (χ1) is 9.34. The van der Waals surface area contributed by atoms with E-state index in [1.54, 1.807) is 13.8 Å². The molecule has 1 unspecified atom stereocenters. The molecule has 0 bridgehead atoms. The molecule has 1 aromatic heterocycles. The van der Waals surface area contributed by atoms with Gasteiger partial charge in [-0.15, -0.1) is 0 Å². The Kier molecular flexibility index (Phi) is 3.82. The standard InChI is InChI=1S/C16H28N2O2S/c1-11-7-12-13(17)8-15(2,3)9-14(12)18(11)10-16(4,5)21(6,19)20/h7,13H,8-10,17H2,1-6H3. The number of rotatable bonds is 3. The Balaban J connectivity index is 2.48. The molecule has 0 saturated heterocycles. The number of hydrogen-bond donors (Lipinski definition) is 1. The number of sulfone groups is 1. The summed E-state index contributed by atoms with van der Waals surface area (Å²) in [6, 6.07) is 2.18. The molecule has 0 radical (unpaired) electrons. The molecule has 0 spiro atoms. The highest BCUT2D eigenvalue weighted by Gasteiger charge is 2.36. The van der Waals surface area contributed by atoms with Crippen molar-refractivity contribution in [3.8, 4) is 0 Å². The van der Waals surface area contributed by atoms with Gasteiger partial charge < -0.3 is 10.3 Å². The first-order valence-electron chi connectivity index (χ1n) is 7.48. The fourth-order valence-electron chi connectivity index (χ4n) is 3.22. The molecule has 2 rings (SSSR count). The van der Waals surface area contributed by atoms with E-state index >= 15 is 0 Å². The van der Waals surface area contributed by atoms with Crippen molar-refractivity contribution in [2.24, 2.45) is 11.1 Å². The van der Waals surface area contributed by atoms with Crippen LogP contribution in [0.1, 0.15) is 57.1 Å². The minimum atomic E-state index is -3.12. The van der Waals surface area contributed by atoms with E-state index in [1.807, 2.05) is 6.92 Å². The van der Waals surface area contributed by atoms with E-state index in [0.29, 0.717) is 6.54 Å². The lowest BCUT2D eigenvalue weighted by Crippen LogP contribution is -2.38. The average Bonchev–Trinajstić information content (AvgIpc) is 2.54. The Morgan fingerprint density at radius 1 is 1.43 bits per heavy atom. The molecule has 0 fully saturated rings. The fourth-order valence-corrected chi connectivity index (χ4v) is 3.59. The van der Waals surface area contributed by atoms with Gasteiger partial charge in [0.25, 0.3) is 0 Å². The van der Waals surface area contributed by atoms with Crippen LogP contribution in [-0.2, 0) is 22.8 Å². The summed E-state index contributed by atoms with van der Waals surface area (Å²) >= 11 is 0. The van der Waals surface area contributed by atoms with E-state index in [-0.39, 0.29) is 11.5 Å². The molecule has 0 aliphatic heterocycles. The van der Waals surface area contributed by atoms with Gasteiger partial charge in [0, 0.05) is 30.2 Å². The maximum Gasteiger partial charge on any atom is 0.154 e. The number of hydrogen-bond acceptors (Lipinski definition) is 3. The molecular weight excluding hydrogens is 284 g/mol. The Bertz CT molecular complexity index is 654. The molecule has 0 amide bonds. The lowest BCUT2D eigenvalue weighted by atomic mass is 9.74. The molecule has 1 aromatic rings. The second-order valence-corrected chi connectivity index (χ2v) is 10.6. The number of aryl methyl sites for hydroxylation is 1. The Morgan fingerprint density at radius 2 is 2.00 bits per heavy atom. The molecule has 1 atom stereocenters. The zero-order valence-corrected chi connectivity index (χ0v) is 14.8. The first kappa shape index (κ1) is 16.6. The Labute approximate surface area is 128 Å². The smallest absolute Gasteiger partial charge is 0.154 e. The average molecular weight is 312 g/mol. The van der Waals surface area contributed by atoms with E-state index in [1.165, 1.54) is 17.5 Å². The van der Waals surface area contributed by atoms with Crippen molar-refractivity contribution < 1.29 is 8.42 Å². The predicted molar refractivity (Wildman–Crippen MR) is 87.1 cm³/mol. The van der Waals surface area contributed by atoms with E-state index in [0.717, 1.165) is 18.5 Å². The highest BCUT2D eigenvalue weighted by atomic mass is 32.2. The fraction of sp³-hybridized carbons (Fsp3) is 0.750. The molecule has 1 aliphatic rings. The third-order valence-corrected chi connectivity index (χ3v) is 6.95. The summed E-state index contributed by atoms with van der Waals surface area (Å²) in [7, 11) is -3.12. The molecule has 120 valence electrons. The van der Waals surface area contributed by atoms with E-state index in [9.17, 15) is 8.42 Å². The van der Waals surface area contributed by atoms with Gasteiger partial charge in [0.05, 0.1) is 4.75 Å². The number of aromatic nitrogens is 1. The van der Waals surface area contributed by atoms with Gasteiger partial charge >= 0.3 is 0 Å². The summed E-state index contributed by atoms with van der Waals surface area (Å²) in [5.74, 6) is 0.